The Bertz CT molecular complexity index is 787. The van der Waals surface area contributed by atoms with Crippen LogP contribution in [0, 0.1) is 11.3 Å². The summed E-state index contributed by atoms with van der Waals surface area (Å²) in [4.78, 5) is 15.8. The van der Waals surface area contributed by atoms with Crippen LogP contribution in [0.4, 0.5) is 0 Å². The van der Waals surface area contributed by atoms with Crippen LogP contribution in [-0.2, 0) is 11.3 Å². The fraction of sp³-hybridized carbons (Fsp3) is 0.0714. The highest BCUT2D eigenvalue weighted by atomic mass is 35.5. The average molecular weight is 376 g/mol. The Morgan fingerprint density at radius 2 is 1.91 bits per heavy atom. The summed E-state index contributed by atoms with van der Waals surface area (Å²) in [7, 11) is 0. The third-order valence-electron chi connectivity index (χ3n) is 2.60. The van der Waals surface area contributed by atoms with E-state index in [2.05, 4.69) is 4.98 Å². The van der Waals surface area contributed by atoms with Gasteiger partial charge in [-0.1, -0.05) is 58.5 Å². The Labute approximate surface area is 146 Å². The molecule has 0 aliphatic carbocycles. The van der Waals surface area contributed by atoms with E-state index >= 15 is 0 Å². The third-order valence-corrected chi connectivity index (χ3v) is 4.28. The zero-order valence-corrected chi connectivity index (χ0v) is 13.8. The van der Waals surface area contributed by atoms with Crippen molar-refractivity contribution < 1.29 is 9.53 Å². The number of hydrogen-bond donors (Lipinski definition) is 0. The van der Waals surface area contributed by atoms with Gasteiger partial charge in [0.15, 0.2) is 5.69 Å². The number of esters is 1. The number of halogens is 4. The largest absolute Gasteiger partial charge is 0.456 e. The Morgan fingerprint density at radius 1 is 1.18 bits per heavy atom. The Kier molecular flexibility index (Phi) is 5.49. The predicted molar refractivity (Wildman–Crippen MR) is 84.6 cm³/mol. The average Bonchev–Trinajstić information content (AvgIpc) is 2.54. The van der Waals surface area contributed by atoms with Crippen molar-refractivity contribution in [3.63, 3.8) is 0 Å². The lowest BCUT2D eigenvalue weighted by atomic mass is 10.1. The van der Waals surface area contributed by atoms with E-state index in [1.54, 1.807) is 24.3 Å². The van der Waals surface area contributed by atoms with Crippen molar-refractivity contribution in [2.24, 2.45) is 0 Å². The van der Waals surface area contributed by atoms with Gasteiger partial charge in [-0.2, -0.15) is 5.26 Å². The van der Waals surface area contributed by atoms with Crippen LogP contribution >= 0.6 is 46.4 Å². The van der Waals surface area contributed by atoms with Crippen LogP contribution in [0.25, 0.3) is 0 Å². The first-order chi connectivity index (χ1) is 10.4. The number of benzene rings is 1. The zero-order chi connectivity index (χ0) is 16.3. The third kappa shape index (κ3) is 3.63. The molecule has 112 valence electrons. The highest BCUT2D eigenvalue weighted by molar-refractivity contribution is 6.52. The van der Waals surface area contributed by atoms with E-state index in [1.165, 1.54) is 0 Å². The highest BCUT2D eigenvalue weighted by Crippen LogP contribution is 2.36. The molecular weight excluding hydrogens is 370 g/mol. The van der Waals surface area contributed by atoms with Gasteiger partial charge in [-0.3, -0.25) is 0 Å². The van der Waals surface area contributed by atoms with Crippen LogP contribution in [0.15, 0.2) is 24.3 Å². The first-order valence-electron chi connectivity index (χ1n) is 5.80. The van der Waals surface area contributed by atoms with Crippen molar-refractivity contribution in [2.45, 2.75) is 6.61 Å². The number of nitrogens with zero attached hydrogens (tertiary/aromatic N) is 2. The monoisotopic (exact) mass is 374 g/mol. The van der Waals surface area contributed by atoms with Gasteiger partial charge >= 0.3 is 5.97 Å². The molecule has 22 heavy (non-hydrogen) atoms. The van der Waals surface area contributed by atoms with Crippen molar-refractivity contribution in [1.29, 1.82) is 5.26 Å². The summed E-state index contributed by atoms with van der Waals surface area (Å²) in [6.45, 7) is -0.0514. The second kappa shape index (κ2) is 7.17. The minimum atomic E-state index is -0.798. The van der Waals surface area contributed by atoms with E-state index in [0.717, 1.165) is 0 Å². The van der Waals surface area contributed by atoms with Gasteiger partial charge in [0.2, 0.25) is 0 Å². The number of pyridine rings is 1. The number of aromatic nitrogens is 1. The molecule has 0 aliphatic rings. The van der Waals surface area contributed by atoms with Crippen molar-refractivity contribution in [1.82, 2.24) is 4.98 Å². The van der Waals surface area contributed by atoms with E-state index < -0.39 is 5.97 Å². The molecule has 0 unspecified atom stereocenters. The number of carbonyl (C=O) groups is 1. The summed E-state index contributed by atoms with van der Waals surface area (Å²) in [6.07, 6.45) is 0. The van der Waals surface area contributed by atoms with Gasteiger partial charge < -0.3 is 4.74 Å². The van der Waals surface area contributed by atoms with Crippen molar-refractivity contribution in [2.75, 3.05) is 0 Å². The SMILES string of the molecule is N#Cc1cccc(COC(=O)c2nc(Cl)c(Cl)c(Cl)c2Cl)c1. The van der Waals surface area contributed by atoms with E-state index in [9.17, 15) is 4.79 Å². The smallest absolute Gasteiger partial charge is 0.358 e. The van der Waals surface area contributed by atoms with Gasteiger partial charge in [-0.15, -0.1) is 0 Å². The molecule has 0 bridgehead atoms. The van der Waals surface area contributed by atoms with Gasteiger partial charge in [0.1, 0.15) is 11.8 Å². The molecule has 0 aliphatic heterocycles. The Morgan fingerprint density at radius 3 is 2.59 bits per heavy atom. The molecule has 2 aromatic rings. The summed E-state index contributed by atoms with van der Waals surface area (Å²) in [5.74, 6) is -0.798. The van der Waals surface area contributed by atoms with Gasteiger partial charge in [0.25, 0.3) is 0 Å². The quantitative estimate of drug-likeness (QED) is 0.563. The van der Waals surface area contributed by atoms with Crippen LogP contribution in [0.5, 0.6) is 0 Å². The minimum Gasteiger partial charge on any atom is -0.456 e. The topological polar surface area (TPSA) is 63.0 Å². The first kappa shape index (κ1) is 16.9. The lowest BCUT2D eigenvalue weighted by molar-refractivity contribution is 0.0466. The summed E-state index contributed by atoms with van der Waals surface area (Å²) in [5, 5.41) is 8.43. The molecule has 1 heterocycles. The Hall–Kier alpha value is -1.51. The normalized spacial score (nSPS) is 10.1. The zero-order valence-electron chi connectivity index (χ0n) is 10.7. The number of hydrogen-bond acceptors (Lipinski definition) is 4. The number of carbonyl (C=O) groups excluding carboxylic acids is 1. The molecule has 0 saturated carbocycles. The molecule has 0 spiro atoms. The van der Waals surface area contributed by atoms with Crippen LogP contribution in [-0.4, -0.2) is 11.0 Å². The maximum absolute atomic E-state index is 12.0. The molecular formula is C14H6Cl4N2O2. The molecule has 0 N–H and O–H groups in total. The lowest BCUT2D eigenvalue weighted by Gasteiger charge is -2.08. The summed E-state index contributed by atoms with van der Waals surface area (Å²) < 4.78 is 5.09. The minimum absolute atomic E-state index is 0.0356. The highest BCUT2D eigenvalue weighted by Gasteiger charge is 2.21. The molecule has 4 nitrogen and oxygen atoms in total. The van der Waals surface area contributed by atoms with Gasteiger partial charge in [0.05, 0.1) is 26.7 Å². The van der Waals surface area contributed by atoms with Crippen molar-refractivity contribution in [3.05, 3.63) is 61.3 Å². The fourth-order valence-electron chi connectivity index (χ4n) is 1.57. The maximum Gasteiger partial charge on any atom is 0.358 e. The second-order valence-corrected chi connectivity index (χ2v) is 5.57. The van der Waals surface area contributed by atoms with Gasteiger partial charge in [-0.25, -0.2) is 9.78 Å². The van der Waals surface area contributed by atoms with E-state index in [-0.39, 0.29) is 32.5 Å². The molecule has 1 aromatic heterocycles. The Balaban J connectivity index is 2.18. The first-order valence-corrected chi connectivity index (χ1v) is 7.31. The summed E-state index contributed by atoms with van der Waals surface area (Å²) >= 11 is 23.3. The molecule has 1 aromatic carbocycles. The second-order valence-electron chi connectivity index (χ2n) is 4.08. The molecule has 0 radical (unpaired) electrons. The predicted octanol–water partition coefficient (Wildman–Crippen LogP) is 4.92. The van der Waals surface area contributed by atoms with Crippen molar-refractivity contribution >= 4 is 52.4 Å². The summed E-state index contributed by atoms with van der Waals surface area (Å²) in [6, 6.07) is 8.63. The van der Waals surface area contributed by atoms with Gasteiger partial charge in [0, 0.05) is 0 Å². The van der Waals surface area contributed by atoms with Gasteiger partial charge in [-0.05, 0) is 17.7 Å². The van der Waals surface area contributed by atoms with Crippen LogP contribution in [0.3, 0.4) is 0 Å². The van der Waals surface area contributed by atoms with E-state index in [1.807, 2.05) is 6.07 Å². The lowest BCUT2D eigenvalue weighted by Crippen LogP contribution is -2.09. The standard InChI is InChI=1S/C14H6Cl4N2O2/c15-9-10(16)12(20-13(18)11(9)17)14(21)22-6-8-3-1-2-7(4-8)5-19/h1-4H,6H2. The number of rotatable bonds is 3. The van der Waals surface area contributed by atoms with Crippen LogP contribution in [0.2, 0.25) is 20.2 Å². The van der Waals surface area contributed by atoms with E-state index in [4.69, 9.17) is 56.4 Å². The number of ether oxygens (including phenoxy) is 1. The molecule has 2 rings (SSSR count). The fourth-order valence-corrected chi connectivity index (χ4v) is 2.38. The summed E-state index contributed by atoms with van der Waals surface area (Å²) in [5.41, 5.74) is 0.884. The number of nitriles is 1. The molecule has 0 amide bonds. The van der Waals surface area contributed by atoms with E-state index in [0.29, 0.717) is 11.1 Å². The van der Waals surface area contributed by atoms with Crippen LogP contribution < -0.4 is 0 Å². The van der Waals surface area contributed by atoms with Crippen molar-refractivity contribution in [3.8, 4) is 6.07 Å². The van der Waals surface area contributed by atoms with Crippen LogP contribution in [0.1, 0.15) is 21.6 Å². The molecule has 8 heteroatoms. The maximum atomic E-state index is 12.0. The molecule has 0 atom stereocenters. The molecule has 0 saturated heterocycles. The molecule has 0 fully saturated rings.